The lowest BCUT2D eigenvalue weighted by molar-refractivity contribution is -0.384. The monoisotopic (exact) mass is 493 g/mol. The first kappa shape index (κ1) is 24.0. The summed E-state index contributed by atoms with van der Waals surface area (Å²) in [5, 5.41) is 18.0. The Hall–Kier alpha value is -4.12. The molecule has 1 aliphatic rings. The molecule has 1 aromatic heterocycles. The number of para-hydroxylation sites is 1. The van der Waals surface area contributed by atoms with Gasteiger partial charge in [0.1, 0.15) is 5.92 Å². The molecule has 2 atom stereocenters. The van der Waals surface area contributed by atoms with Crippen LogP contribution in [0.25, 0.3) is 10.9 Å². The zero-order chi connectivity index (χ0) is 25.1. The Kier molecular flexibility index (Phi) is 6.87. The highest BCUT2D eigenvalue weighted by Crippen LogP contribution is 2.34. The molecule has 0 saturated carbocycles. The third-order valence-corrected chi connectivity index (χ3v) is 5.96. The number of nitro groups is 1. The third-order valence-electron chi connectivity index (χ3n) is 5.75. The van der Waals surface area contributed by atoms with Crippen molar-refractivity contribution in [1.29, 1.82) is 0 Å². The molecule has 10 nitrogen and oxygen atoms in total. The van der Waals surface area contributed by atoms with Crippen LogP contribution in [0.2, 0.25) is 0 Å². The Labute approximate surface area is 206 Å². The van der Waals surface area contributed by atoms with E-state index in [0.717, 1.165) is 10.9 Å². The Morgan fingerprint density at radius 1 is 1.23 bits per heavy atom. The predicted molar refractivity (Wildman–Crippen MR) is 136 cm³/mol. The number of hydrogen-bond donors (Lipinski definition) is 2. The fraction of sp³-hybridized carbons (Fsp3) is 0.250. The van der Waals surface area contributed by atoms with Gasteiger partial charge in [0.2, 0.25) is 5.91 Å². The minimum absolute atomic E-state index is 0.0317. The number of thiocarbonyl (C=S) groups is 1. The summed E-state index contributed by atoms with van der Waals surface area (Å²) in [6.45, 7) is 3.66. The zero-order valence-electron chi connectivity index (χ0n) is 19.1. The summed E-state index contributed by atoms with van der Waals surface area (Å²) in [6, 6.07) is 12.7. The van der Waals surface area contributed by atoms with E-state index in [9.17, 15) is 19.7 Å². The molecular weight excluding hydrogens is 470 g/mol. The number of nitrogens with one attached hydrogen (secondary N) is 2. The number of nitro benzene ring substituents is 1. The number of ether oxygens (including phenoxy) is 1. The summed E-state index contributed by atoms with van der Waals surface area (Å²) in [7, 11) is 0. The van der Waals surface area contributed by atoms with Crippen molar-refractivity contribution in [3.63, 3.8) is 0 Å². The van der Waals surface area contributed by atoms with Gasteiger partial charge in [-0.15, -0.1) is 0 Å². The molecular formula is C24H23N5O5S. The molecule has 2 heterocycles. The van der Waals surface area contributed by atoms with Crippen molar-refractivity contribution in [3.05, 3.63) is 70.4 Å². The van der Waals surface area contributed by atoms with Gasteiger partial charge in [0.05, 0.1) is 29.6 Å². The Balaban J connectivity index is 1.65. The van der Waals surface area contributed by atoms with Gasteiger partial charge in [0.25, 0.3) is 5.69 Å². The summed E-state index contributed by atoms with van der Waals surface area (Å²) in [5.74, 6) is -1.37. The second-order valence-corrected chi connectivity index (χ2v) is 8.32. The lowest BCUT2D eigenvalue weighted by atomic mass is 9.88. The van der Waals surface area contributed by atoms with E-state index in [1.165, 1.54) is 16.7 Å². The average molecular weight is 494 g/mol. The van der Waals surface area contributed by atoms with Crippen LogP contribution < -0.4 is 10.6 Å². The van der Waals surface area contributed by atoms with Crippen LogP contribution in [0.4, 0.5) is 11.4 Å². The Bertz CT molecular complexity index is 1350. The standard InChI is InChI=1S/C24H23N5O5S/c1-3-34-23(31)21-14(2)26-24(35)27-22(21)18-13-28(19-7-5-4-6-17(18)19)20(30)12-25-15-8-10-16(11-9-15)29(32)33/h4-11,13,21-22,25H,3,12H2,1-2H3,(H,27,35). The second-order valence-electron chi connectivity index (χ2n) is 7.93. The molecule has 35 heavy (non-hydrogen) atoms. The number of anilines is 1. The van der Waals surface area contributed by atoms with Gasteiger partial charge in [0, 0.05) is 40.7 Å². The van der Waals surface area contributed by atoms with Crippen LogP contribution >= 0.6 is 12.2 Å². The van der Waals surface area contributed by atoms with Gasteiger partial charge < -0.3 is 15.4 Å². The number of benzene rings is 2. The molecule has 0 radical (unpaired) electrons. The molecule has 11 heteroatoms. The number of carbonyl (C=O) groups excluding carboxylic acids is 2. The van der Waals surface area contributed by atoms with E-state index in [2.05, 4.69) is 15.6 Å². The molecule has 0 fully saturated rings. The molecule has 2 unspecified atom stereocenters. The van der Waals surface area contributed by atoms with Crippen LogP contribution in [0.15, 0.2) is 59.7 Å². The highest BCUT2D eigenvalue weighted by Gasteiger charge is 2.38. The number of aliphatic imine (C=N–C) groups is 1. The van der Waals surface area contributed by atoms with Gasteiger partial charge in [0.15, 0.2) is 5.11 Å². The van der Waals surface area contributed by atoms with E-state index in [-0.39, 0.29) is 29.9 Å². The third kappa shape index (κ3) is 4.90. The largest absolute Gasteiger partial charge is 0.465 e. The van der Waals surface area contributed by atoms with Crippen LogP contribution in [-0.2, 0) is 9.53 Å². The van der Waals surface area contributed by atoms with Gasteiger partial charge in [-0.3, -0.25) is 24.3 Å². The minimum atomic E-state index is -0.700. The smallest absolute Gasteiger partial charge is 0.317 e. The fourth-order valence-electron chi connectivity index (χ4n) is 4.14. The first-order chi connectivity index (χ1) is 16.8. The molecule has 0 saturated heterocycles. The number of esters is 1. The van der Waals surface area contributed by atoms with Crippen molar-refractivity contribution in [2.45, 2.75) is 19.9 Å². The van der Waals surface area contributed by atoms with Crippen molar-refractivity contribution in [1.82, 2.24) is 9.88 Å². The van der Waals surface area contributed by atoms with E-state index in [1.54, 1.807) is 32.2 Å². The lowest BCUT2D eigenvalue weighted by Crippen LogP contribution is -2.44. The summed E-state index contributed by atoms with van der Waals surface area (Å²) in [6.07, 6.45) is 1.70. The summed E-state index contributed by atoms with van der Waals surface area (Å²) in [4.78, 5) is 40.6. The molecule has 1 aliphatic heterocycles. The lowest BCUT2D eigenvalue weighted by Gasteiger charge is -2.30. The zero-order valence-corrected chi connectivity index (χ0v) is 19.9. The van der Waals surface area contributed by atoms with Gasteiger partial charge in [-0.25, -0.2) is 4.99 Å². The quantitative estimate of drug-likeness (QED) is 0.220. The molecule has 2 N–H and O–H groups in total. The van der Waals surface area contributed by atoms with Crippen LogP contribution in [0.3, 0.4) is 0 Å². The maximum Gasteiger partial charge on any atom is 0.317 e. The molecule has 0 amide bonds. The highest BCUT2D eigenvalue weighted by atomic mass is 32.1. The summed E-state index contributed by atoms with van der Waals surface area (Å²) >= 11 is 5.29. The van der Waals surface area contributed by atoms with E-state index in [0.29, 0.717) is 16.9 Å². The van der Waals surface area contributed by atoms with Gasteiger partial charge in [-0.2, -0.15) is 0 Å². The molecule has 2 aromatic carbocycles. The topological polar surface area (TPSA) is 128 Å². The van der Waals surface area contributed by atoms with Crippen molar-refractivity contribution < 1.29 is 19.2 Å². The number of non-ortho nitro benzene ring substituents is 1. The molecule has 0 bridgehead atoms. The number of carbonyl (C=O) groups is 2. The molecule has 0 spiro atoms. The average Bonchev–Trinajstić information content (AvgIpc) is 3.22. The van der Waals surface area contributed by atoms with Crippen molar-refractivity contribution in [2.75, 3.05) is 18.5 Å². The van der Waals surface area contributed by atoms with E-state index < -0.39 is 22.9 Å². The van der Waals surface area contributed by atoms with E-state index in [4.69, 9.17) is 17.0 Å². The van der Waals surface area contributed by atoms with Crippen molar-refractivity contribution >= 4 is 57.2 Å². The number of fused-ring (bicyclic) bond motifs is 1. The van der Waals surface area contributed by atoms with E-state index in [1.807, 2.05) is 24.3 Å². The second kappa shape index (κ2) is 10.0. The maximum absolute atomic E-state index is 13.2. The van der Waals surface area contributed by atoms with Crippen LogP contribution in [0.5, 0.6) is 0 Å². The molecule has 4 rings (SSSR count). The highest BCUT2D eigenvalue weighted by molar-refractivity contribution is 7.80. The first-order valence-electron chi connectivity index (χ1n) is 10.9. The van der Waals surface area contributed by atoms with Gasteiger partial charge in [-0.05, 0) is 44.3 Å². The maximum atomic E-state index is 13.2. The van der Waals surface area contributed by atoms with Crippen LogP contribution in [-0.4, -0.2) is 45.3 Å². The minimum Gasteiger partial charge on any atom is -0.465 e. The van der Waals surface area contributed by atoms with Crippen LogP contribution in [0.1, 0.15) is 30.2 Å². The molecule has 3 aromatic rings. The fourth-order valence-corrected chi connectivity index (χ4v) is 4.41. The summed E-state index contributed by atoms with van der Waals surface area (Å²) in [5.41, 5.74) is 2.48. The first-order valence-corrected chi connectivity index (χ1v) is 11.3. The van der Waals surface area contributed by atoms with Crippen LogP contribution in [0, 0.1) is 16.0 Å². The Morgan fingerprint density at radius 2 is 1.94 bits per heavy atom. The van der Waals surface area contributed by atoms with Gasteiger partial charge >= 0.3 is 5.97 Å². The normalized spacial score (nSPS) is 17.4. The van der Waals surface area contributed by atoms with Crippen molar-refractivity contribution in [3.8, 4) is 0 Å². The SMILES string of the molecule is CCOC(=O)C1C(C)=NC(=S)NC1c1cn(C(=O)CNc2ccc([N+](=O)[O-])cc2)c2ccccc12. The summed E-state index contributed by atoms with van der Waals surface area (Å²) < 4.78 is 6.81. The number of hydrogen-bond acceptors (Lipinski definition) is 7. The predicted octanol–water partition coefficient (Wildman–Crippen LogP) is 3.87. The Morgan fingerprint density at radius 3 is 2.63 bits per heavy atom. The van der Waals surface area contributed by atoms with Gasteiger partial charge in [-0.1, -0.05) is 18.2 Å². The number of nitrogens with zero attached hydrogens (tertiary/aromatic N) is 3. The van der Waals surface area contributed by atoms with Crippen molar-refractivity contribution in [2.24, 2.45) is 10.9 Å². The molecule has 0 aliphatic carbocycles. The number of rotatable bonds is 7. The number of aromatic nitrogens is 1. The molecule has 180 valence electrons. The van der Waals surface area contributed by atoms with E-state index >= 15 is 0 Å².